The molecule has 2 aromatic carbocycles. The molecule has 1 aliphatic heterocycles. The van der Waals surface area contributed by atoms with Crippen LogP contribution in [0.5, 0.6) is 11.5 Å². The van der Waals surface area contributed by atoms with E-state index >= 15 is 0 Å². The lowest BCUT2D eigenvalue weighted by Gasteiger charge is -2.37. The van der Waals surface area contributed by atoms with Crippen molar-refractivity contribution in [1.29, 1.82) is 0 Å². The molecule has 2 heterocycles. The molecule has 150 valence electrons. The van der Waals surface area contributed by atoms with Crippen LogP contribution in [0.4, 0.5) is 10.5 Å². The zero-order valence-electron chi connectivity index (χ0n) is 16.9. The molecule has 6 nitrogen and oxygen atoms in total. The molecular formula is C23H25N3O3. The first-order valence-electron chi connectivity index (χ1n) is 9.62. The second kappa shape index (κ2) is 7.91. The molecule has 0 radical (unpaired) electrons. The van der Waals surface area contributed by atoms with Crippen molar-refractivity contribution in [3.63, 3.8) is 0 Å². The molecule has 4 rings (SSSR count). The summed E-state index contributed by atoms with van der Waals surface area (Å²) >= 11 is 0. The zero-order valence-corrected chi connectivity index (χ0v) is 16.9. The normalized spacial score (nSPS) is 15.6. The Kier molecular flexibility index (Phi) is 5.16. The number of aromatic nitrogens is 1. The second-order valence-corrected chi connectivity index (χ2v) is 7.14. The van der Waals surface area contributed by atoms with Crippen LogP contribution >= 0.6 is 0 Å². The number of rotatable bonds is 4. The molecule has 0 saturated carbocycles. The predicted octanol–water partition coefficient (Wildman–Crippen LogP) is 4.45. The van der Waals surface area contributed by atoms with Gasteiger partial charge in [-0.15, -0.1) is 0 Å². The molecule has 1 N–H and O–H groups in total. The summed E-state index contributed by atoms with van der Waals surface area (Å²) in [5.41, 5.74) is 3.94. The molecule has 1 atom stereocenters. The van der Waals surface area contributed by atoms with Crippen LogP contribution in [0.3, 0.4) is 0 Å². The van der Waals surface area contributed by atoms with Gasteiger partial charge in [0.15, 0.2) is 11.5 Å². The summed E-state index contributed by atoms with van der Waals surface area (Å²) in [6.07, 6.45) is 2.05. The predicted molar refractivity (Wildman–Crippen MR) is 113 cm³/mol. The molecule has 1 unspecified atom stereocenters. The number of carbonyl (C=O) groups excluding carboxylic acids is 1. The van der Waals surface area contributed by atoms with E-state index in [0.717, 1.165) is 29.1 Å². The highest BCUT2D eigenvalue weighted by molar-refractivity contribution is 5.90. The van der Waals surface area contributed by atoms with E-state index in [4.69, 9.17) is 9.47 Å². The van der Waals surface area contributed by atoms with E-state index in [-0.39, 0.29) is 12.1 Å². The highest BCUT2D eigenvalue weighted by Gasteiger charge is 2.32. The monoisotopic (exact) mass is 391 g/mol. The average molecular weight is 391 g/mol. The van der Waals surface area contributed by atoms with Gasteiger partial charge in [-0.2, -0.15) is 0 Å². The number of aryl methyl sites for hydroxylation is 1. The van der Waals surface area contributed by atoms with Gasteiger partial charge in [0.25, 0.3) is 0 Å². The minimum Gasteiger partial charge on any atom is -0.493 e. The summed E-state index contributed by atoms with van der Waals surface area (Å²) in [5, 5.41) is 3.05. The molecule has 1 aliphatic rings. The Hall–Kier alpha value is -3.41. The van der Waals surface area contributed by atoms with Crippen molar-refractivity contribution in [3.05, 3.63) is 77.6 Å². The van der Waals surface area contributed by atoms with Gasteiger partial charge in [-0.25, -0.2) is 4.79 Å². The number of nitrogens with zero attached hydrogens (tertiary/aromatic N) is 2. The molecule has 29 heavy (non-hydrogen) atoms. The topological polar surface area (TPSA) is 55.7 Å². The van der Waals surface area contributed by atoms with Gasteiger partial charge < -0.3 is 24.3 Å². The summed E-state index contributed by atoms with van der Waals surface area (Å²) in [5.74, 6) is 1.31. The van der Waals surface area contributed by atoms with Crippen molar-refractivity contribution < 1.29 is 14.3 Å². The van der Waals surface area contributed by atoms with Gasteiger partial charge in [-0.05, 0) is 54.4 Å². The fourth-order valence-corrected chi connectivity index (χ4v) is 3.89. The van der Waals surface area contributed by atoms with E-state index in [9.17, 15) is 4.79 Å². The summed E-state index contributed by atoms with van der Waals surface area (Å²) < 4.78 is 13.1. The summed E-state index contributed by atoms with van der Waals surface area (Å²) in [6, 6.07) is 17.4. The molecule has 0 bridgehead atoms. The maximum atomic E-state index is 13.2. The van der Waals surface area contributed by atoms with Crippen molar-refractivity contribution in [2.24, 2.45) is 0 Å². The van der Waals surface area contributed by atoms with Crippen LogP contribution in [0.15, 0.2) is 60.8 Å². The standard InChI is InChI=1S/C23H25N3O3/c1-16-6-4-7-18(14-16)24-23(27)26-13-12-25-11-5-8-19(25)22(26)17-9-10-20(28-2)21(15-17)29-3/h4-11,14-15,22H,12-13H2,1-3H3,(H,24,27). The first kappa shape index (κ1) is 18.9. The minimum absolute atomic E-state index is 0.122. The Balaban J connectivity index is 1.70. The lowest BCUT2D eigenvalue weighted by Crippen LogP contribution is -2.44. The number of anilines is 1. The number of benzene rings is 2. The molecule has 2 amide bonds. The number of hydrogen-bond donors (Lipinski definition) is 1. The number of amides is 2. The van der Waals surface area contributed by atoms with Crippen molar-refractivity contribution in [3.8, 4) is 11.5 Å². The zero-order chi connectivity index (χ0) is 20.4. The fraction of sp³-hybridized carbons (Fsp3) is 0.261. The molecule has 6 heteroatoms. The maximum Gasteiger partial charge on any atom is 0.322 e. The van der Waals surface area contributed by atoms with Crippen LogP contribution < -0.4 is 14.8 Å². The summed E-state index contributed by atoms with van der Waals surface area (Å²) in [7, 11) is 3.23. The molecule has 0 fully saturated rings. The molecule has 0 spiro atoms. The number of hydrogen-bond acceptors (Lipinski definition) is 3. The third kappa shape index (κ3) is 3.66. The Morgan fingerprint density at radius 2 is 1.83 bits per heavy atom. The van der Waals surface area contributed by atoms with E-state index in [2.05, 4.69) is 22.1 Å². The third-order valence-corrected chi connectivity index (χ3v) is 5.29. The molecule has 0 aliphatic carbocycles. The van der Waals surface area contributed by atoms with E-state index < -0.39 is 0 Å². The smallest absolute Gasteiger partial charge is 0.322 e. The SMILES string of the molecule is COc1ccc(C2c3cccn3CCN2C(=O)Nc2cccc(C)c2)cc1OC. The number of carbonyl (C=O) groups is 1. The number of urea groups is 1. The Morgan fingerprint density at radius 3 is 2.59 bits per heavy atom. The number of nitrogens with one attached hydrogen (secondary N) is 1. The van der Waals surface area contributed by atoms with E-state index in [1.807, 2.05) is 60.4 Å². The Bertz CT molecular complexity index is 1030. The van der Waals surface area contributed by atoms with Gasteiger partial charge in [-0.3, -0.25) is 0 Å². The van der Waals surface area contributed by atoms with Crippen molar-refractivity contribution >= 4 is 11.7 Å². The average Bonchev–Trinajstić information content (AvgIpc) is 3.21. The van der Waals surface area contributed by atoms with Gasteiger partial charge >= 0.3 is 6.03 Å². The molecule has 0 saturated heterocycles. The van der Waals surface area contributed by atoms with Gasteiger partial charge in [0, 0.05) is 30.7 Å². The van der Waals surface area contributed by atoms with Crippen LogP contribution in [0, 0.1) is 6.92 Å². The summed E-state index contributed by atoms with van der Waals surface area (Å²) in [4.78, 5) is 15.1. The van der Waals surface area contributed by atoms with Crippen LogP contribution in [-0.2, 0) is 6.54 Å². The van der Waals surface area contributed by atoms with E-state index in [0.29, 0.717) is 18.0 Å². The molecule has 3 aromatic rings. The number of ether oxygens (including phenoxy) is 2. The Morgan fingerprint density at radius 1 is 1.00 bits per heavy atom. The van der Waals surface area contributed by atoms with Crippen molar-refractivity contribution in [2.75, 3.05) is 26.1 Å². The van der Waals surface area contributed by atoms with Crippen LogP contribution in [0.25, 0.3) is 0 Å². The lowest BCUT2D eigenvalue weighted by molar-refractivity contribution is 0.181. The molecule has 1 aromatic heterocycles. The highest BCUT2D eigenvalue weighted by atomic mass is 16.5. The van der Waals surface area contributed by atoms with Gasteiger partial charge in [0.05, 0.1) is 20.3 Å². The second-order valence-electron chi connectivity index (χ2n) is 7.14. The molecular weight excluding hydrogens is 366 g/mol. The highest BCUT2D eigenvalue weighted by Crippen LogP contribution is 2.37. The number of fused-ring (bicyclic) bond motifs is 1. The van der Waals surface area contributed by atoms with Crippen molar-refractivity contribution in [2.45, 2.75) is 19.5 Å². The van der Waals surface area contributed by atoms with Crippen molar-refractivity contribution in [1.82, 2.24) is 9.47 Å². The van der Waals surface area contributed by atoms with Crippen LogP contribution in [0.1, 0.15) is 22.9 Å². The quantitative estimate of drug-likeness (QED) is 0.715. The van der Waals surface area contributed by atoms with Gasteiger partial charge in [0.2, 0.25) is 0 Å². The lowest BCUT2D eigenvalue weighted by atomic mass is 9.99. The minimum atomic E-state index is -0.219. The van der Waals surface area contributed by atoms with E-state index in [1.165, 1.54) is 0 Å². The largest absolute Gasteiger partial charge is 0.493 e. The number of methoxy groups -OCH3 is 2. The Labute approximate surface area is 170 Å². The maximum absolute atomic E-state index is 13.2. The third-order valence-electron chi connectivity index (χ3n) is 5.29. The first-order chi connectivity index (χ1) is 14.1. The van der Waals surface area contributed by atoms with Crippen LogP contribution in [0.2, 0.25) is 0 Å². The van der Waals surface area contributed by atoms with E-state index in [1.54, 1.807) is 14.2 Å². The van der Waals surface area contributed by atoms with Gasteiger partial charge in [0.1, 0.15) is 0 Å². The summed E-state index contributed by atoms with van der Waals surface area (Å²) in [6.45, 7) is 3.38. The first-order valence-corrected chi connectivity index (χ1v) is 9.62. The van der Waals surface area contributed by atoms with Gasteiger partial charge in [-0.1, -0.05) is 18.2 Å². The van der Waals surface area contributed by atoms with Crippen LogP contribution in [-0.4, -0.2) is 36.3 Å². The fourth-order valence-electron chi connectivity index (χ4n) is 3.89.